The van der Waals surface area contributed by atoms with Gasteiger partial charge in [-0.3, -0.25) is 0 Å². The molecule has 1 aromatic rings. The zero-order valence-electron chi connectivity index (χ0n) is 11.9. The van der Waals surface area contributed by atoms with E-state index in [2.05, 4.69) is 12.2 Å². The van der Waals surface area contributed by atoms with Crippen molar-refractivity contribution in [3.8, 4) is 0 Å². The van der Waals surface area contributed by atoms with E-state index in [9.17, 15) is 4.39 Å². The van der Waals surface area contributed by atoms with Crippen LogP contribution in [-0.4, -0.2) is 26.8 Å². The van der Waals surface area contributed by atoms with Crippen molar-refractivity contribution in [2.24, 2.45) is 5.92 Å². The predicted octanol–water partition coefficient (Wildman–Crippen LogP) is 3.12. The molecule has 1 N–H and O–H groups in total. The molecule has 0 unspecified atom stereocenters. The molecule has 1 aromatic carbocycles. The fraction of sp³-hybridized carbons (Fsp3) is 0.625. The molecule has 106 valence electrons. The minimum Gasteiger partial charge on any atom is -0.383 e. The first-order valence-corrected chi connectivity index (χ1v) is 7.16. The Balaban J connectivity index is 2.01. The van der Waals surface area contributed by atoms with Gasteiger partial charge in [0.25, 0.3) is 0 Å². The smallest absolute Gasteiger partial charge is 0.123 e. The summed E-state index contributed by atoms with van der Waals surface area (Å²) in [5, 5.41) is 3.47. The lowest BCUT2D eigenvalue weighted by molar-refractivity contribution is 0.128. The Morgan fingerprint density at radius 1 is 1.32 bits per heavy atom. The topological polar surface area (TPSA) is 21.3 Å². The van der Waals surface area contributed by atoms with Crippen LogP contribution in [0.4, 0.5) is 4.39 Å². The summed E-state index contributed by atoms with van der Waals surface area (Å²) in [6.45, 7) is 4.81. The van der Waals surface area contributed by atoms with Crippen LogP contribution in [0.5, 0.6) is 0 Å². The fourth-order valence-corrected chi connectivity index (χ4v) is 3.12. The summed E-state index contributed by atoms with van der Waals surface area (Å²) in [5.41, 5.74) is 1.46. The van der Waals surface area contributed by atoms with Crippen LogP contribution in [-0.2, 0) is 10.2 Å². The van der Waals surface area contributed by atoms with E-state index in [0.29, 0.717) is 0 Å². The Morgan fingerprint density at radius 3 is 2.58 bits per heavy atom. The van der Waals surface area contributed by atoms with Crippen LogP contribution in [0, 0.1) is 11.7 Å². The third-order valence-electron chi connectivity index (χ3n) is 4.34. The van der Waals surface area contributed by atoms with E-state index in [1.807, 2.05) is 12.1 Å². The summed E-state index contributed by atoms with van der Waals surface area (Å²) < 4.78 is 18.1. The number of hydrogen-bond acceptors (Lipinski definition) is 2. The molecule has 0 radical (unpaired) electrons. The van der Waals surface area contributed by atoms with Gasteiger partial charge in [0.1, 0.15) is 5.82 Å². The number of benzene rings is 1. The third kappa shape index (κ3) is 3.34. The first kappa shape index (κ1) is 14.5. The second-order valence-electron chi connectivity index (χ2n) is 5.64. The second-order valence-corrected chi connectivity index (χ2v) is 5.64. The van der Waals surface area contributed by atoms with Gasteiger partial charge in [0.2, 0.25) is 0 Å². The molecule has 2 rings (SSSR count). The molecule has 1 aliphatic rings. The molecule has 1 aliphatic carbocycles. The molecule has 1 fully saturated rings. The second kappa shape index (κ2) is 6.49. The van der Waals surface area contributed by atoms with Gasteiger partial charge in [-0.2, -0.15) is 0 Å². The molecule has 19 heavy (non-hydrogen) atoms. The van der Waals surface area contributed by atoms with Gasteiger partial charge >= 0.3 is 0 Å². The summed E-state index contributed by atoms with van der Waals surface area (Å²) in [6.07, 6.45) is 3.64. The van der Waals surface area contributed by atoms with E-state index in [0.717, 1.165) is 25.6 Å². The fourth-order valence-electron chi connectivity index (χ4n) is 3.12. The number of ether oxygens (including phenoxy) is 1. The average Bonchev–Trinajstić information content (AvgIpc) is 2.38. The van der Waals surface area contributed by atoms with Gasteiger partial charge in [-0.15, -0.1) is 0 Å². The highest BCUT2D eigenvalue weighted by Gasteiger charge is 2.44. The Kier molecular flexibility index (Phi) is 4.94. The number of hydrogen-bond donors (Lipinski definition) is 1. The number of halogens is 1. The van der Waals surface area contributed by atoms with Gasteiger partial charge in [-0.1, -0.05) is 25.5 Å². The van der Waals surface area contributed by atoms with Crippen molar-refractivity contribution in [1.29, 1.82) is 0 Å². The van der Waals surface area contributed by atoms with Crippen molar-refractivity contribution in [2.45, 2.75) is 31.6 Å². The quantitative estimate of drug-likeness (QED) is 0.765. The molecule has 0 saturated heterocycles. The van der Waals surface area contributed by atoms with Crippen LogP contribution in [0.1, 0.15) is 31.7 Å². The van der Waals surface area contributed by atoms with Crippen molar-refractivity contribution in [3.05, 3.63) is 35.6 Å². The van der Waals surface area contributed by atoms with Gasteiger partial charge < -0.3 is 10.1 Å². The van der Waals surface area contributed by atoms with Gasteiger partial charge in [-0.25, -0.2) is 4.39 Å². The van der Waals surface area contributed by atoms with Gasteiger partial charge in [-0.05, 0) is 36.5 Å². The predicted molar refractivity (Wildman–Crippen MR) is 75.8 cm³/mol. The third-order valence-corrected chi connectivity index (χ3v) is 4.34. The largest absolute Gasteiger partial charge is 0.383 e. The van der Waals surface area contributed by atoms with Crippen LogP contribution in [0.3, 0.4) is 0 Å². The van der Waals surface area contributed by atoms with E-state index in [1.165, 1.54) is 24.8 Å². The standard InChI is InChI=1S/C16H24FNO/c1-3-13-10-16(11-13,12-18-8-9-19-2)14-4-6-15(17)7-5-14/h4-7,13,18H,3,8-12H2,1-2H3. The maximum Gasteiger partial charge on any atom is 0.123 e. The van der Waals surface area contributed by atoms with Crippen LogP contribution in [0.2, 0.25) is 0 Å². The maximum atomic E-state index is 13.1. The highest BCUT2D eigenvalue weighted by Crippen LogP contribution is 2.48. The zero-order valence-corrected chi connectivity index (χ0v) is 11.9. The lowest BCUT2D eigenvalue weighted by atomic mass is 9.58. The molecule has 0 bridgehead atoms. The Morgan fingerprint density at radius 2 is 2.00 bits per heavy atom. The molecule has 0 amide bonds. The molecule has 3 heteroatoms. The minimum atomic E-state index is -0.155. The summed E-state index contributed by atoms with van der Waals surface area (Å²) in [7, 11) is 1.72. The summed E-state index contributed by atoms with van der Waals surface area (Å²) in [5.74, 6) is 0.659. The van der Waals surface area contributed by atoms with Crippen molar-refractivity contribution in [1.82, 2.24) is 5.32 Å². The molecule has 0 atom stereocenters. The van der Waals surface area contributed by atoms with Crippen LogP contribution >= 0.6 is 0 Å². The van der Waals surface area contributed by atoms with E-state index in [4.69, 9.17) is 4.74 Å². The Hall–Kier alpha value is -0.930. The molecule has 0 heterocycles. The lowest BCUT2D eigenvalue weighted by Gasteiger charge is -2.48. The Labute approximate surface area is 115 Å². The number of rotatable bonds is 7. The molecular formula is C16H24FNO. The van der Waals surface area contributed by atoms with Crippen LogP contribution in [0.15, 0.2) is 24.3 Å². The molecular weight excluding hydrogens is 241 g/mol. The van der Waals surface area contributed by atoms with E-state index in [-0.39, 0.29) is 11.2 Å². The number of nitrogens with one attached hydrogen (secondary N) is 1. The van der Waals surface area contributed by atoms with Crippen LogP contribution in [0.25, 0.3) is 0 Å². The van der Waals surface area contributed by atoms with Crippen molar-refractivity contribution in [3.63, 3.8) is 0 Å². The number of methoxy groups -OCH3 is 1. The molecule has 1 saturated carbocycles. The highest BCUT2D eigenvalue weighted by atomic mass is 19.1. The molecule has 0 spiro atoms. The summed E-state index contributed by atoms with van der Waals surface area (Å²) in [6, 6.07) is 7.04. The van der Waals surface area contributed by atoms with Gasteiger partial charge in [0.05, 0.1) is 6.61 Å². The normalized spacial score (nSPS) is 26.2. The summed E-state index contributed by atoms with van der Waals surface area (Å²) >= 11 is 0. The van der Waals surface area contributed by atoms with E-state index >= 15 is 0 Å². The SMILES string of the molecule is CCC1CC(CNCCOC)(c2ccc(F)cc2)C1. The van der Waals surface area contributed by atoms with Crippen molar-refractivity contribution >= 4 is 0 Å². The first-order valence-electron chi connectivity index (χ1n) is 7.16. The first-order chi connectivity index (χ1) is 9.20. The van der Waals surface area contributed by atoms with Gasteiger partial charge in [0, 0.05) is 25.6 Å². The molecule has 0 aromatic heterocycles. The lowest BCUT2D eigenvalue weighted by Crippen LogP contribution is -2.49. The summed E-state index contributed by atoms with van der Waals surface area (Å²) in [4.78, 5) is 0. The Bertz CT molecular complexity index is 384. The van der Waals surface area contributed by atoms with Crippen LogP contribution < -0.4 is 5.32 Å². The minimum absolute atomic E-state index is 0.155. The highest BCUT2D eigenvalue weighted by molar-refractivity contribution is 5.30. The average molecular weight is 265 g/mol. The zero-order chi connectivity index (χ0) is 13.7. The molecule has 0 aliphatic heterocycles. The monoisotopic (exact) mass is 265 g/mol. The van der Waals surface area contributed by atoms with Gasteiger partial charge in [0.15, 0.2) is 0 Å². The molecule has 2 nitrogen and oxygen atoms in total. The van der Waals surface area contributed by atoms with Crippen molar-refractivity contribution < 1.29 is 9.13 Å². The van der Waals surface area contributed by atoms with Crippen molar-refractivity contribution in [2.75, 3.05) is 26.8 Å². The van der Waals surface area contributed by atoms with E-state index in [1.54, 1.807) is 19.2 Å². The van der Waals surface area contributed by atoms with E-state index < -0.39 is 0 Å². The maximum absolute atomic E-state index is 13.1.